The molecule has 1 N–H and O–H groups in total. The molecule has 0 unspecified atom stereocenters. The van der Waals surface area contributed by atoms with Crippen LogP contribution in [0.1, 0.15) is 26.6 Å². The Morgan fingerprint density at radius 2 is 2.24 bits per heavy atom. The first kappa shape index (κ1) is 14.8. The number of amides is 2. The lowest BCUT2D eigenvalue weighted by molar-refractivity contribution is 0.0802. The van der Waals surface area contributed by atoms with Crippen molar-refractivity contribution in [3.05, 3.63) is 41.2 Å². The van der Waals surface area contributed by atoms with Gasteiger partial charge in [-0.15, -0.1) is 11.3 Å². The topological polar surface area (TPSA) is 86.3 Å². The monoisotopic (exact) mass is 303 g/mol. The van der Waals surface area contributed by atoms with Gasteiger partial charge in [-0.2, -0.15) is 5.26 Å². The van der Waals surface area contributed by atoms with Crippen LogP contribution >= 0.6 is 11.3 Å². The zero-order valence-corrected chi connectivity index (χ0v) is 12.1. The van der Waals surface area contributed by atoms with Gasteiger partial charge in [-0.3, -0.25) is 9.59 Å². The van der Waals surface area contributed by atoms with E-state index in [1.807, 2.05) is 6.07 Å². The van der Waals surface area contributed by atoms with Crippen LogP contribution in [0.25, 0.3) is 0 Å². The molecular weight excluding hydrogens is 290 g/mol. The van der Waals surface area contributed by atoms with Crippen LogP contribution in [0.4, 0.5) is 5.00 Å². The predicted molar refractivity (Wildman–Crippen MR) is 78.2 cm³/mol. The van der Waals surface area contributed by atoms with Crippen LogP contribution in [-0.2, 0) is 0 Å². The van der Waals surface area contributed by atoms with Gasteiger partial charge in [-0.1, -0.05) is 0 Å². The molecule has 2 heterocycles. The molecule has 0 spiro atoms. The molecule has 0 radical (unpaired) electrons. The highest BCUT2D eigenvalue weighted by molar-refractivity contribution is 7.18. The quantitative estimate of drug-likeness (QED) is 0.919. The summed E-state index contributed by atoms with van der Waals surface area (Å²) in [6, 6.07) is 8.49. The second-order valence-corrected chi connectivity index (χ2v) is 5.31. The number of hydrogen-bond donors (Lipinski definition) is 1. The minimum atomic E-state index is -0.362. The summed E-state index contributed by atoms with van der Waals surface area (Å²) >= 11 is 1.18. The SMILES string of the molecule is CN(CCC#N)C(=O)c1ccc(NC(=O)c2ccco2)s1. The molecule has 6 nitrogen and oxygen atoms in total. The van der Waals surface area contributed by atoms with Crippen molar-refractivity contribution in [2.45, 2.75) is 6.42 Å². The van der Waals surface area contributed by atoms with Gasteiger partial charge < -0.3 is 14.6 Å². The zero-order chi connectivity index (χ0) is 15.2. The van der Waals surface area contributed by atoms with E-state index < -0.39 is 0 Å². The molecule has 0 atom stereocenters. The number of nitrogens with zero attached hydrogens (tertiary/aromatic N) is 2. The van der Waals surface area contributed by atoms with E-state index in [0.717, 1.165) is 0 Å². The molecule has 7 heteroatoms. The Morgan fingerprint density at radius 1 is 1.43 bits per heavy atom. The Morgan fingerprint density at radius 3 is 2.90 bits per heavy atom. The standard InChI is InChI=1S/C14H13N3O3S/c1-17(8-3-7-15)14(19)11-5-6-12(21-11)16-13(18)10-4-2-9-20-10/h2,4-6,9H,3,8H2,1H3,(H,16,18). The fraction of sp³-hybridized carbons (Fsp3) is 0.214. The molecule has 0 aliphatic carbocycles. The van der Waals surface area contributed by atoms with Crippen molar-refractivity contribution in [2.24, 2.45) is 0 Å². The van der Waals surface area contributed by atoms with Crippen molar-refractivity contribution < 1.29 is 14.0 Å². The highest BCUT2D eigenvalue weighted by Crippen LogP contribution is 2.23. The van der Waals surface area contributed by atoms with Crippen molar-refractivity contribution in [3.63, 3.8) is 0 Å². The van der Waals surface area contributed by atoms with Crippen molar-refractivity contribution in [3.8, 4) is 6.07 Å². The first-order valence-corrected chi connectivity index (χ1v) is 7.00. The van der Waals surface area contributed by atoms with Crippen molar-refractivity contribution in [2.75, 3.05) is 18.9 Å². The molecule has 2 aromatic heterocycles. The van der Waals surface area contributed by atoms with Gasteiger partial charge in [-0.25, -0.2) is 0 Å². The maximum atomic E-state index is 12.1. The van der Waals surface area contributed by atoms with Gasteiger partial charge in [0.15, 0.2) is 5.76 Å². The molecule has 2 rings (SSSR count). The van der Waals surface area contributed by atoms with Crippen LogP contribution in [0.5, 0.6) is 0 Å². The fourth-order valence-corrected chi connectivity index (χ4v) is 2.50. The van der Waals surface area contributed by atoms with E-state index in [0.29, 0.717) is 16.4 Å². The molecule has 0 fully saturated rings. The third-order valence-electron chi connectivity index (χ3n) is 2.70. The summed E-state index contributed by atoms with van der Waals surface area (Å²) in [5.74, 6) is -0.324. The number of carbonyl (C=O) groups is 2. The van der Waals surface area contributed by atoms with E-state index in [4.69, 9.17) is 9.68 Å². The van der Waals surface area contributed by atoms with E-state index in [1.165, 1.54) is 22.5 Å². The molecule has 0 saturated heterocycles. The van der Waals surface area contributed by atoms with Crippen LogP contribution in [0, 0.1) is 11.3 Å². The van der Waals surface area contributed by atoms with Crippen LogP contribution in [0.2, 0.25) is 0 Å². The minimum Gasteiger partial charge on any atom is -0.459 e. The minimum absolute atomic E-state index is 0.172. The summed E-state index contributed by atoms with van der Waals surface area (Å²) < 4.78 is 4.99. The number of anilines is 1. The highest BCUT2D eigenvalue weighted by Gasteiger charge is 2.16. The van der Waals surface area contributed by atoms with Crippen molar-refractivity contribution >= 4 is 28.2 Å². The summed E-state index contributed by atoms with van der Waals surface area (Å²) in [6.07, 6.45) is 1.71. The number of carbonyl (C=O) groups excluding carboxylic acids is 2. The molecule has 2 amide bonds. The summed E-state index contributed by atoms with van der Waals surface area (Å²) in [5.41, 5.74) is 0. The maximum absolute atomic E-state index is 12.1. The predicted octanol–water partition coefficient (Wildman–Crippen LogP) is 2.58. The van der Waals surface area contributed by atoms with Crippen LogP contribution in [0.15, 0.2) is 34.9 Å². The van der Waals surface area contributed by atoms with Gasteiger partial charge in [0.2, 0.25) is 0 Å². The van der Waals surface area contributed by atoms with Gasteiger partial charge in [0.25, 0.3) is 11.8 Å². The third-order valence-corrected chi connectivity index (χ3v) is 3.69. The van der Waals surface area contributed by atoms with Gasteiger partial charge >= 0.3 is 0 Å². The Balaban J connectivity index is 2.00. The van der Waals surface area contributed by atoms with E-state index in [-0.39, 0.29) is 24.0 Å². The third kappa shape index (κ3) is 3.70. The lowest BCUT2D eigenvalue weighted by Crippen LogP contribution is -2.26. The lowest BCUT2D eigenvalue weighted by Gasteiger charge is -2.13. The lowest BCUT2D eigenvalue weighted by atomic mass is 10.3. The van der Waals surface area contributed by atoms with Crippen LogP contribution in [0.3, 0.4) is 0 Å². The molecular formula is C14H13N3O3S. The van der Waals surface area contributed by atoms with Gasteiger partial charge in [0.1, 0.15) is 0 Å². The average Bonchev–Trinajstić information content (AvgIpc) is 3.14. The first-order valence-electron chi connectivity index (χ1n) is 6.19. The number of hydrogen-bond acceptors (Lipinski definition) is 5. The van der Waals surface area contributed by atoms with E-state index in [1.54, 1.807) is 31.3 Å². The summed E-state index contributed by atoms with van der Waals surface area (Å²) in [4.78, 5) is 25.9. The molecule has 0 aromatic carbocycles. The van der Waals surface area contributed by atoms with Crippen LogP contribution < -0.4 is 5.32 Å². The van der Waals surface area contributed by atoms with Gasteiger partial charge in [-0.05, 0) is 24.3 Å². The van der Waals surface area contributed by atoms with E-state index in [2.05, 4.69) is 5.32 Å². The number of nitrogens with one attached hydrogen (secondary N) is 1. The van der Waals surface area contributed by atoms with Gasteiger partial charge in [0.05, 0.1) is 28.6 Å². The number of furan rings is 1. The highest BCUT2D eigenvalue weighted by atomic mass is 32.1. The summed E-state index contributed by atoms with van der Waals surface area (Å²) in [5, 5.41) is 11.7. The second kappa shape index (κ2) is 6.72. The fourth-order valence-electron chi connectivity index (χ4n) is 1.61. The normalized spacial score (nSPS) is 9.90. The molecule has 108 valence electrons. The molecule has 0 bridgehead atoms. The second-order valence-electron chi connectivity index (χ2n) is 4.23. The van der Waals surface area contributed by atoms with E-state index >= 15 is 0 Å². The van der Waals surface area contributed by atoms with E-state index in [9.17, 15) is 9.59 Å². The Bertz CT molecular complexity index is 670. The van der Waals surface area contributed by atoms with Gasteiger partial charge in [0, 0.05) is 13.6 Å². The summed E-state index contributed by atoms with van der Waals surface area (Å²) in [6.45, 7) is 0.376. The van der Waals surface area contributed by atoms with Crippen molar-refractivity contribution in [1.82, 2.24) is 4.90 Å². The zero-order valence-electron chi connectivity index (χ0n) is 11.3. The first-order chi connectivity index (χ1) is 10.1. The molecule has 0 aliphatic rings. The molecule has 21 heavy (non-hydrogen) atoms. The molecule has 2 aromatic rings. The van der Waals surface area contributed by atoms with Crippen molar-refractivity contribution in [1.29, 1.82) is 5.26 Å². The molecule has 0 aliphatic heterocycles. The largest absolute Gasteiger partial charge is 0.459 e. The Hall–Kier alpha value is -2.59. The number of thiophene rings is 1. The number of rotatable bonds is 5. The van der Waals surface area contributed by atoms with Crippen LogP contribution in [-0.4, -0.2) is 30.3 Å². The smallest absolute Gasteiger partial charge is 0.291 e. The average molecular weight is 303 g/mol. The number of nitriles is 1. The Kier molecular flexibility index (Phi) is 4.74. The summed E-state index contributed by atoms with van der Waals surface area (Å²) in [7, 11) is 1.64. The Labute approximate surface area is 125 Å². The molecule has 0 saturated carbocycles. The maximum Gasteiger partial charge on any atom is 0.291 e.